The summed E-state index contributed by atoms with van der Waals surface area (Å²) in [6.07, 6.45) is 1.01. The Hall–Kier alpha value is -1.26. The van der Waals surface area contributed by atoms with Gasteiger partial charge >= 0.3 is 0 Å². The first-order chi connectivity index (χ1) is 9.17. The van der Waals surface area contributed by atoms with E-state index in [4.69, 9.17) is 15.2 Å². The first-order valence-corrected chi connectivity index (χ1v) is 6.88. The molecule has 1 rings (SSSR count). The summed E-state index contributed by atoms with van der Waals surface area (Å²) in [6, 6.07) is 7.97. The number of nitrogens with two attached hydrogens (primary N) is 1. The van der Waals surface area contributed by atoms with Crippen LogP contribution in [0.15, 0.2) is 24.3 Å². The molecule has 19 heavy (non-hydrogen) atoms. The Balaban J connectivity index is 2.23. The third-order valence-corrected chi connectivity index (χ3v) is 3.18. The van der Waals surface area contributed by atoms with Crippen LogP contribution in [0.3, 0.4) is 0 Å². The van der Waals surface area contributed by atoms with E-state index in [0.29, 0.717) is 6.04 Å². The molecule has 0 bridgehead atoms. The number of methoxy groups -OCH3 is 1. The van der Waals surface area contributed by atoms with Gasteiger partial charge in [0.25, 0.3) is 0 Å². The minimum Gasteiger partial charge on any atom is -0.494 e. The number of nitrogens with zero attached hydrogens (tertiary/aromatic N) is 1. The van der Waals surface area contributed by atoms with Crippen LogP contribution in [0.5, 0.6) is 5.75 Å². The van der Waals surface area contributed by atoms with Crippen molar-refractivity contribution in [3.63, 3.8) is 0 Å². The van der Waals surface area contributed by atoms with Gasteiger partial charge in [0.2, 0.25) is 0 Å². The maximum atomic E-state index is 5.68. The van der Waals surface area contributed by atoms with E-state index in [1.54, 1.807) is 7.11 Å². The van der Waals surface area contributed by atoms with Gasteiger partial charge < -0.3 is 15.2 Å². The first-order valence-electron chi connectivity index (χ1n) is 6.88. The summed E-state index contributed by atoms with van der Waals surface area (Å²) < 4.78 is 10.9. The van der Waals surface area contributed by atoms with Gasteiger partial charge in [-0.15, -0.1) is 0 Å². The fourth-order valence-corrected chi connectivity index (χ4v) is 2.06. The summed E-state index contributed by atoms with van der Waals surface area (Å²) in [5.74, 6) is 0.877. The van der Waals surface area contributed by atoms with E-state index in [-0.39, 0.29) is 0 Å². The zero-order valence-electron chi connectivity index (χ0n) is 12.3. The molecule has 0 amide bonds. The molecule has 0 radical (unpaired) electrons. The molecule has 108 valence electrons. The standard InChI is InChI=1S/C15H26N2O2/c1-4-17(13(2)12-18-3)10-5-11-19-15-8-6-14(16)7-9-15/h6-9,13H,4-5,10-12,16H2,1-3H3. The highest BCUT2D eigenvalue weighted by Gasteiger charge is 2.10. The molecule has 1 aromatic carbocycles. The Morgan fingerprint density at radius 1 is 1.26 bits per heavy atom. The summed E-state index contributed by atoms with van der Waals surface area (Å²) in [5.41, 5.74) is 6.39. The van der Waals surface area contributed by atoms with Crippen LogP contribution in [-0.2, 0) is 4.74 Å². The zero-order valence-corrected chi connectivity index (χ0v) is 12.3. The fraction of sp³-hybridized carbons (Fsp3) is 0.600. The molecular formula is C15H26N2O2. The van der Waals surface area contributed by atoms with Crippen LogP contribution >= 0.6 is 0 Å². The van der Waals surface area contributed by atoms with Crippen molar-refractivity contribution in [2.45, 2.75) is 26.3 Å². The summed E-state index contributed by atoms with van der Waals surface area (Å²) in [7, 11) is 1.74. The third-order valence-electron chi connectivity index (χ3n) is 3.18. The topological polar surface area (TPSA) is 47.7 Å². The number of hydrogen-bond donors (Lipinski definition) is 1. The van der Waals surface area contributed by atoms with Crippen molar-refractivity contribution >= 4 is 5.69 Å². The zero-order chi connectivity index (χ0) is 14.1. The lowest BCUT2D eigenvalue weighted by molar-refractivity contribution is 0.0985. The van der Waals surface area contributed by atoms with E-state index in [2.05, 4.69) is 18.7 Å². The number of benzene rings is 1. The lowest BCUT2D eigenvalue weighted by Gasteiger charge is -2.27. The lowest BCUT2D eigenvalue weighted by Crippen LogP contribution is -2.37. The van der Waals surface area contributed by atoms with Crippen LogP contribution in [0.4, 0.5) is 5.69 Å². The average Bonchev–Trinajstić information content (AvgIpc) is 2.41. The second kappa shape index (κ2) is 8.77. The predicted octanol–water partition coefficient (Wildman–Crippen LogP) is 2.39. The van der Waals surface area contributed by atoms with Crippen molar-refractivity contribution in [2.75, 3.05) is 39.1 Å². The molecule has 0 aliphatic rings. The predicted molar refractivity (Wildman–Crippen MR) is 79.6 cm³/mol. The third kappa shape index (κ3) is 5.94. The first kappa shape index (κ1) is 15.8. The molecule has 1 atom stereocenters. The molecule has 4 nitrogen and oxygen atoms in total. The molecule has 0 heterocycles. The summed E-state index contributed by atoms with van der Waals surface area (Å²) in [5, 5.41) is 0. The van der Waals surface area contributed by atoms with E-state index in [0.717, 1.165) is 44.2 Å². The minimum atomic E-state index is 0.450. The summed E-state index contributed by atoms with van der Waals surface area (Å²) in [4.78, 5) is 2.40. The van der Waals surface area contributed by atoms with E-state index in [1.807, 2.05) is 24.3 Å². The number of rotatable bonds is 9. The van der Waals surface area contributed by atoms with E-state index in [9.17, 15) is 0 Å². The second-order valence-corrected chi connectivity index (χ2v) is 4.70. The second-order valence-electron chi connectivity index (χ2n) is 4.70. The van der Waals surface area contributed by atoms with Gasteiger partial charge in [0, 0.05) is 25.4 Å². The fourth-order valence-electron chi connectivity index (χ4n) is 2.06. The van der Waals surface area contributed by atoms with Crippen LogP contribution in [0.1, 0.15) is 20.3 Å². The van der Waals surface area contributed by atoms with Gasteiger partial charge in [-0.2, -0.15) is 0 Å². The number of hydrogen-bond acceptors (Lipinski definition) is 4. The summed E-state index contributed by atoms with van der Waals surface area (Å²) in [6.45, 7) is 7.91. The Labute approximate surface area is 116 Å². The SMILES string of the molecule is CCN(CCCOc1ccc(N)cc1)C(C)COC. The van der Waals surface area contributed by atoms with Crippen molar-refractivity contribution in [3.05, 3.63) is 24.3 Å². The average molecular weight is 266 g/mol. The Morgan fingerprint density at radius 2 is 1.95 bits per heavy atom. The highest BCUT2D eigenvalue weighted by molar-refractivity contribution is 5.41. The Bertz CT molecular complexity index is 341. The quantitative estimate of drug-likeness (QED) is 0.551. The molecule has 4 heteroatoms. The molecule has 0 fully saturated rings. The van der Waals surface area contributed by atoms with Gasteiger partial charge in [-0.1, -0.05) is 6.92 Å². The molecule has 0 spiro atoms. The van der Waals surface area contributed by atoms with Gasteiger partial charge in [0.1, 0.15) is 5.75 Å². The molecule has 1 aromatic rings. The number of likely N-dealkylation sites (N-methyl/N-ethyl adjacent to an activating group) is 1. The van der Waals surface area contributed by atoms with Crippen molar-refractivity contribution in [3.8, 4) is 5.75 Å². The van der Waals surface area contributed by atoms with Crippen molar-refractivity contribution < 1.29 is 9.47 Å². The smallest absolute Gasteiger partial charge is 0.119 e. The molecule has 0 saturated heterocycles. The highest BCUT2D eigenvalue weighted by Crippen LogP contribution is 2.13. The lowest BCUT2D eigenvalue weighted by atomic mass is 10.2. The van der Waals surface area contributed by atoms with Gasteiger partial charge in [-0.05, 0) is 44.2 Å². The summed E-state index contributed by atoms with van der Waals surface area (Å²) >= 11 is 0. The Morgan fingerprint density at radius 3 is 2.53 bits per heavy atom. The minimum absolute atomic E-state index is 0.450. The Kier molecular flexibility index (Phi) is 7.30. The van der Waals surface area contributed by atoms with Crippen LogP contribution in [-0.4, -0.2) is 44.4 Å². The van der Waals surface area contributed by atoms with Crippen molar-refractivity contribution in [2.24, 2.45) is 0 Å². The van der Waals surface area contributed by atoms with E-state index in [1.165, 1.54) is 0 Å². The van der Waals surface area contributed by atoms with Crippen LogP contribution in [0.2, 0.25) is 0 Å². The molecule has 2 N–H and O–H groups in total. The van der Waals surface area contributed by atoms with Crippen LogP contribution < -0.4 is 10.5 Å². The normalized spacial score (nSPS) is 12.6. The van der Waals surface area contributed by atoms with E-state index >= 15 is 0 Å². The monoisotopic (exact) mass is 266 g/mol. The molecule has 0 aliphatic heterocycles. The molecular weight excluding hydrogens is 240 g/mol. The van der Waals surface area contributed by atoms with E-state index < -0.39 is 0 Å². The maximum Gasteiger partial charge on any atom is 0.119 e. The van der Waals surface area contributed by atoms with Gasteiger partial charge in [-0.25, -0.2) is 0 Å². The van der Waals surface area contributed by atoms with Crippen molar-refractivity contribution in [1.29, 1.82) is 0 Å². The van der Waals surface area contributed by atoms with Crippen LogP contribution in [0, 0.1) is 0 Å². The van der Waals surface area contributed by atoms with Crippen molar-refractivity contribution in [1.82, 2.24) is 4.90 Å². The largest absolute Gasteiger partial charge is 0.494 e. The number of anilines is 1. The van der Waals surface area contributed by atoms with Gasteiger partial charge in [0.05, 0.1) is 13.2 Å². The number of nitrogen functional groups attached to an aromatic ring is 1. The van der Waals surface area contributed by atoms with Gasteiger partial charge in [-0.3, -0.25) is 4.90 Å². The molecule has 0 saturated carbocycles. The molecule has 0 aromatic heterocycles. The maximum absolute atomic E-state index is 5.68. The van der Waals surface area contributed by atoms with Crippen LogP contribution in [0.25, 0.3) is 0 Å². The van der Waals surface area contributed by atoms with Gasteiger partial charge in [0.15, 0.2) is 0 Å². The highest BCUT2D eigenvalue weighted by atomic mass is 16.5. The number of ether oxygens (including phenoxy) is 2. The molecule has 1 unspecified atom stereocenters. The molecule has 0 aliphatic carbocycles.